The van der Waals surface area contributed by atoms with Gasteiger partial charge in [-0.05, 0) is 38.8 Å². The first-order valence-electron chi connectivity index (χ1n) is 10.2. The number of carbonyl (C=O) groups is 1. The zero-order valence-corrected chi connectivity index (χ0v) is 16.8. The number of amides is 1. The Bertz CT molecular complexity index is 884. The molecule has 2 aromatic rings. The van der Waals surface area contributed by atoms with E-state index in [1.807, 2.05) is 27.0 Å². The molecule has 1 amide bonds. The van der Waals surface area contributed by atoms with Gasteiger partial charge in [-0.25, -0.2) is 4.98 Å². The number of ether oxygens (including phenoxy) is 1. The van der Waals surface area contributed by atoms with Crippen molar-refractivity contribution in [2.24, 2.45) is 18.9 Å². The average Bonchev–Trinajstić information content (AvgIpc) is 3.43. The van der Waals surface area contributed by atoms with Crippen LogP contribution in [0.15, 0.2) is 22.9 Å². The molecule has 3 aliphatic rings. The van der Waals surface area contributed by atoms with Crippen molar-refractivity contribution < 1.29 is 13.9 Å². The number of likely N-dealkylation sites (tertiary alicyclic amines) is 1. The van der Waals surface area contributed by atoms with Crippen molar-refractivity contribution in [2.45, 2.75) is 44.9 Å². The highest BCUT2D eigenvalue weighted by atomic mass is 16.5. The van der Waals surface area contributed by atoms with Gasteiger partial charge in [0.1, 0.15) is 17.2 Å². The summed E-state index contributed by atoms with van der Waals surface area (Å²) in [6, 6.07) is 4.08. The summed E-state index contributed by atoms with van der Waals surface area (Å²) in [7, 11) is 1.86. The third-order valence-electron chi connectivity index (χ3n) is 6.86. The lowest BCUT2D eigenvalue weighted by molar-refractivity contribution is 0.00166. The summed E-state index contributed by atoms with van der Waals surface area (Å²) in [5.41, 5.74) is 1.37. The Morgan fingerprint density at radius 3 is 2.96 bits per heavy atom. The van der Waals surface area contributed by atoms with Crippen molar-refractivity contribution in [1.29, 1.82) is 0 Å². The first-order valence-corrected chi connectivity index (χ1v) is 10.2. The van der Waals surface area contributed by atoms with E-state index in [0.29, 0.717) is 24.1 Å². The highest BCUT2D eigenvalue weighted by Crippen LogP contribution is 2.54. The molecule has 5 heterocycles. The van der Waals surface area contributed by atoms with Crippen LogP contribution in [0.4, 0.5) is 0 Å². The topological polar surface area (TPSA) is 72.5 Å². The molecule has 3 fully saturated rings. The molecular formula is C21H28N4O3. The zero-order chi connectivity index (χ0) is 19.5. The first kappa shape index (κ1) is 17.9. The second-order valence-corrected chi connectivity index (χ2v) is 8.71. The van der Waals surface area contributed by atoms with Crippen LogP contribution in [0, 0.1) is 25.7 Å². The number of fused-ring (bicyclic) bond motifs is 1. The number of carbonyl (C=O) groups excluding carboxylic acids is 1. The largest absolute Gasteiger partial charge is 0.465 e. The predicted molar refractivity (Wildman–Crippen MR) is 103 cm³/mol. The molecule has 3 saturated heterocycles. The fraction of sp³-hybridized carbons (Fsp3) is 0.619. The fourth-order valence-electron chi connectivity index (χ4n) is 5.64. The Hall–Kier alpha value is -2.12. The minimum Gasteiger partial charge on any atom is -0.465 e. The maximum absolute atomic E-state index is 12.7. The van der Waals surface area contributed by atoms with E-state index in [1.54, 1.807) is 10.9 Å². The van der Waals surface area contributed by atoms with Gasteiger partial charge in [-0.1, -0.05) is 0 Å². The van der Waals surface area contributed by atoms with E-state index in [4.69, 9.17) is 9.15 Å². The normalized spacial score (nSPS) is 31.5. The molecule has 0 unspecified atom stereocenters. The van der Waals surface area contributed by atoms with Crippen molar-refractivity contribution in [1.82, 2.24) is 19.8 Å². The highest BCUT2D eigenvalue weighted by molar-refractivity contribution is 5.93. The molecule has 1 N–H and O–H groups in total. The van der Waals surface area contributed by atoms with Crippen LogP contribution in [0.25, 0.3) is 0 Å². The molecular weight excluding hydrogens is 356 g/mol. The van der Waals surface area contributed by atoms with Crippen LogP contribution in [0.3, 0.4) is 0 Å². The van der Waals surface area contributed by atoms with Crippen LogP contribution in [-0.2, 0) is 18.3 Å². The van der Waals surface area contributed by atoms with Gasteiger partial charge in [0.25, 0.3) is 5.91 Å². The van der Waals surface area contributed by atoms with Gasteiger partial charge in [-0.15, -0.1) is 0 Å². The van der Waals surface area contributed by atoms with Crippen molar-refractivity contribution in [3.8, 4) is 0 Å². The Morgan fingerprint density at radius 2 is 2.25 bits per heavy atom. The van der Waals surface area contributed by atoms with Crippen molar-refractivity contribution >= 4 is 5.91 Å². The first-order chi connectivity index (χ1) is 13.4. The SMILES string of the molecule is Cc1ccc(CN2C[C@@H]3[C@H](CNC(=O)c4c(C)ncn4C)[C@H]4CC[C@]3(C2)O4)o1. The number of nitrogens with one attached hydrogen (secondary N) is 1. The lowest BCUT2D eigenvalue weighted by Gasteiger charge is -2.29. The number of rotatable bonds is 5. The van der Waals surface area contributed by atoms with E-state index in [9.17, 15) is 4.79 Å². The zero-order valence-electron chi connectivity index (χ0n) is 16.8. The summed E-state index contributed by atoms with van der Waals surface area (Å²) in [6.07, 6.45) is 4.17. The van der Waals surface area contributed by atoms with Gasteiger partial charge in [-0.3, -0.25) is 9.69 Å². The summed E-state index contributed by atoms with van der Waals surface area (Å²) >= 11 is 0. The Morgan fingerprint density at radius 1 is 1.39 bits per heavy atom. The van der Waals surface area contributed by atoms with E-state index in [-0.39, 0.29) is 17.6 Å². The molecule has 150 valence electrons. The summed E-state index contributed by atoms with van der Waals surface area (Å²) in [5, 5.41) is 3.15. The van der Waals surface area contributed by atoms with Gasteiger partial charge < -0.3 is 19.0 Å². The van der Waals surface area contributed by atoms with Crippen LogP contribution < -0.4 is 5.32 Å². The van der Waals surface area contributed by atoms with Crippen LogP contribution in [0.2, 0.25) is 0 Å². The van der Waals surface area contributed by atoms with E-state index < -0.39 is 0 Å². The molecule has 0 aliphatic carbocycles. The second-order valence-electron chi connectivity index (χ2n) is 8.71. The van der Waals surface area contributed by atoms with Crippen LogP contribution >= 0.6 is 0 Å². The third kappa shape index (κ3) is 2.79. The van der Waals surface area contributed by atoms with Crippen LogP contribution in [-0.4, -0.2) is 51.7 Å². The number of aromatic nitrogens is 2. The summed E-state index contributed by atoms with van der Waals surface area (Å²) < 4.78 is 14.0. The fourth-order valence-corrected chi connectivity index (χ4v) is 5.64. The van der Waals surface area contributed by atoms with Gasteiger partial charge in [0.05, 0.1) is 30.3 Å². The number of imidazole rings is 1. The van der Waals surface area contributed by atoms with E-state index in [0.717, 1.165) is 49.7 Å². The van der Waals surface area contributed by atoms with Crippen molar-refractivity contribution in [3.63, 3.8) is 0 Å². The number of aryl methyl sites for hydroxylation is 3. The Kier molecular flexibility index (Phi) is 4.14. The molecule has 4 atom stereocenters. The third-order valence-corrected chi connectivity index (χ3v) is 6.86. The highest BCUT2D eigenvalue weighted by Gasteiger charge is 2.62. The molecule has 5 rings (SSSR count). The smallest absolute Gasteiger partial charge is 0.269 e. The average molecular weight is 384 g/mol. The molecule has 1 spiro atoms. The predicted octanol–water partition coefficient (Wildman–Crippen LogP) is 2.04. The molecule has 3 aliphatic heterocycles. The molecule has 0 saturated carbocycles. The van der Waals surface area contributed by atoms with Crippen LogP contribution in [0.1, 0.15) is 40.5 Å². The van der Waals surface area contributed by atoms with Gasteiger partial charge in [0.15, 0.2) is 0 Å². The minimum atomic E-state index is -0.0461. The van der Waals surface area contributed by atoms with Crippen molar-refractivity contribution in [2.75, 3.05) is 19.6 Å². The van der Waals surface area contributed by atoms with E-state index in [2.05, 4.69) is 21.3 Å². The maximum atomic E-state index is 12.7. The van der Waals surface area contributed by atoms with Gasteiger partial charge in [0.2, 0.25) is 0 Å². The standard InChI is InChI=1S/C21H28N4O3/c1-13-4-5-15(27-13)9-25-10-17-16(18-6-7-21(17,11-25)28-18)8-22-20(26)19-14(2)23-12-24(19)3/h4-5,12,16-18H,6-11H2,1-3H3,(H,22,26)/t16-,17+,18+,21+/m0/s1. The number of hydrogen-bond acceptors (Lipinski definition) is 5. The summed E-state index contributed by atoms with van der Waals surface area (Å²) in [5.74, 6) is 2.76. The molecule has 7 nitrogen and oxygen atoms in total. The number of nitrogens with zero attached hydrogens (tertiary/aromatic N) is 3. The van der Waals surface area contributed by atoms with Gasteiger partial charge in [0, 0.05) is 38.5 Å². The lowest BCUT2D eigenvalue weighted by Crippen LogP contribution is -2.42. The van der Waals surface area contributed by atoms with E-state index in [1.165, 1.54) is 0 Å². The molecule has 0 radical (unpaired) electrons. The lowest BCUT2D eigenvalue weighted by atomic mass is 9.73. The molecule has 7 heteroatoms. The number of furan rings is 1. The summed E-state index contributed by atoms with van der Waals surface area (Å²) in [6.45, 7) is 7.30. The Balaban J connectivity index is 1.26. The monoisotopic (exact) mass is 384 g/mol. The quantitative estimate of drug-likeness (QED) is 0.854. The minimum absolute atomic E-state index is 0.0376. The molecule has 2 aromatic heterocycles. The van der Waals surface area contributed by atoms with Crippen molar-refractivity contribution in [3.05, 3.63) is 41.4 Å². The van der Waals surface area contributed by atoms with Crippen LogP contribution in [0.5, 0.6) is 0 Å². The Labute approximate surface area is 165 Å². The summed E-state index contributed by atoms with van der Waals surface area (Å²) in [4.78, 5) is 19.3. The number of hydrogen-bond donors (Lipinski definition) is 1. The molecule has 28 heavy (non-hydrogen) atoms. The van der Waals surface area contributed by atoms with Gasteiger partial charge in [-0.2, -0.15) is 0 Å². The van der Waals surface area contributed by atoms with E-state index >= 15 is 0 Å². The second kappa shape index (κ2) is 6.46. The van der Waals surface area contributed by atoms with Gasteiger partial charge >= 0.3 is 0 Å². The maximum Gasteiger partial charge on any atom is 0.269 e. The molecule has 2 bridgehead atoms. The molecule has 0 aromatic carbocycles.